The summed E-state index contributed by atoms with van der Waals surface area (Å²) in [5.41, 5.74) is 3.43. The topological polar surface area (TPSA) is 56.1 Å². The monoisotopic (exact) mass is 273 g/mol. The minimum Gasteiger partial charge on any atom is -0.453 e. The second-order valence-electron chi connectivity index (χ2n) is 4.60. The molecule has 106 valence electrons. The van der Waals surface area contributed by atoms with Crippen LogP contribution in [0.2, 0.25) is 0 Å². The average Bonchev–Trinajstić information content (AvgIpc) is 2.92. The van der Waals surface area contributed by atoms with E-state index in [1.165, 1.54) is 12.7 Å². The Morgan fingerprint density at radius 3 is 2.95 bits per heavy atom. The van der Waals surface area contributed by atoms with Gasteiger partial charge in [-0.05, 0) is 37.0 Å². The smallest absolute Gasteiger partial charge is 0.406 e. The fraction of sp³-hybridized carbons (Fsp3) is 0.333. The molecule has 0 aliphatic heterocycles. The van der Waals surface area contributed by atoms with Crippen molar-refractivity contribution >= 4 is 6.09 Å². The van der Waals surface area contributed by atoms with Gasteiger partial charge in [0.05, 0.1) is 19.0 Å². The van der Waals surface area contributed by atoms with Crippen LogP contribution in [0.4, 0.5) is 4.79 Å². The molecule has 1 heterocycles. The molecule has 0 bridgehead atoms. The van der Waals surface area contributed by atoms with Crippen molar-refractivity contribution in [2.24, 2.45) is 0 Å². The number of para-hydroxylation sites is 1. The summed E-state index contributed by atoms with van der Waals surface area (Å²) in [4.78, 5) is 10.9. The van der Waals surface area contributed by atoms with Crippen LogP contribution in [-0.4, -0.2) is 29.5 Å². The second-order valence-corrected chi connectivity index (χ2v) is 4.60. The predicted molar refractivity (Wildman–Crippen MR) is 77.0 cm³/mol. The fourth-order valence-corrected chi connectivity index (χ4v) is 2.00. The molecule has 1 aromatic carbocycles. The summed E-state index contributed by atoms with van der Waals surface area (Å²) in [6.07, 6.45) is 5.23. The van der Waals surface area contributed by atoms with Gasteiger partial charge in [-0.15, -0.1) is 0 Å². The lowest BCUT2D eigenvalue weighted by Crippen LogP contribution is -2.24. The van der Waals surface area contributed by atoms with Crippen molar-refractivity contribution < 1.29 is 9.53 Å². The molecule has 1 aromatic heterocycles. The molecule has 0 aliphatic rings. The summed E-state index contributed by atoms with van der Waals surface area (Å²) in [6, 6.07) is 8.13. The molecule has 0 atom stereocenters. The maximum atomic E-state index is 10.9. The highest BCUT2D eigenvalue weighted by Crippen LogP contribution is 2.13. The largest absolute Gasteiger partial charge is 0.453 e. The molecule has 0 fully saturated rings. The Labute approximate surface area is 118 Å². The van der Waals surface area contributed by atoms with Crippen molar-refractivity contribution in [1.82, 2.24) is 15.1 Å². The van der Waals surface area contributed by atoms with Crippen LogP contribution in [0.25, 0.3) is 5.69 Å². The van der Waals surface area contributed by atoms with Crippen LogP contribution in [0.3, 0.4) is 0 Å². The Hall–Kier alpha value is -2.30. The zero-order chi connectivity index (χ0) is 14.4. The minimum absolute atomic E-state index is 0.388. The number of carbonyl (C=O) groups excluding carboxylic acids is 1. The molecule has 2 rings (SSSR count). The summed E-state index contributed by atoms with van der Waals surface area (Å²) in [6.45, 7) is 2.67. The van der Waals surface area contributed by atoms with Crippen LogP contribution < -0.4 is 5.32 Å². The van der Waals surface area contributed by atoms with Gasteiger partial charge in [0.2, 0.25) is 0 Å². The third-order valence-electron chi connectivity index (χ3n) is 3.10. The van der Waals surface area contributed by atoms with E-state index in [9.17, 15) is 4.79 Å². The van der Waals surface area contributed by atoms with Gasteiger partial charge < -0.3 is 10.1 Å². The predicted octanol–water partition coefficient (Wildman–Crippen LogP) is 2.47. The molecule has 0 unspecified atom stereocenters. The molecule has 5 heteroatoms. The first-order chi connectivity index (χ1) is 9.70. The van der Waals surface area contributed by atoms with E-state index in [-0.39, 0.29) is 6.09 Å². The zero-order valence-electron chi connectivity index (χ0n) is 11.8. The van der Waals surface area contributed by atoms with Crippen molar-refractivity contribution in [2.75, 3.05) is 13.7 Å². The number of rotatable bonds is 5. The summed E-state index contributed by atoms with van der Waals surface area (Å²) in [7, 11) is 1.36. The van der Waals surface area contributed by atoms with Gasteiger partial charge in [0.15, 0.2) is 0 Å². The number of nitrogens with zero attached hydrogens (tertiary/aromatic N) is 2. The molecular weight excluding hydrogens is 254 g/mol. The Balaban J connectivity index is 1.90. The van der Waals surface area contributed by atoms with Crippen molar-refractivity contribution in [3.8, 4) is 5.69 Å². The molecule has 5 nitrogen and oxygen atoms in total. The van der Waals surface area contributed by atoms with Crippen molar-refractivity contribution in [3.05, 3.63) is 47.8 Å². The van der Waals surface area contributed by atoms with Crippen LogP contribution in [0.1, 0.15) is 17.5 Å². The van der Waals surface area contributed by atoms with Crippen LogP contribution in [-0.2, 0) is 11.2 Å². The van der Waals surface area contributed by atoms with E-state index < -0.39 is 0 Å². The molecule has 0 radical (unpaired) electrons. The normalized spacial score (nSPS) is 10.3. The van der Waals surface area contributed by atoms with E-state index in [0.29, 0.717) is 6.54 Å². The number of nitrogens with one attached hydrogen (secondary N) is 1. The van der Waals surface area contributed by atoms with Gasteiger partial charge >= 0.3 is 6.09 Å². The number of aromatic nitrogens is 2. The van der Waals surface area contributed by atoms with Gasteiger partial charge in [0.25, 0.3) is 0 Å². The Kier molecular flexibility index (Phi) is 4.76. The Morgan fingerprint density at radius 2 is 2.20 bits per heavy atom. The van der Waals surface area contributed by atoms with Gasteiger partial charge in [-0.3, -0.25) is 0 Å². The molecule has 0 saturated carbocycles. The quantitative estimate of drug-likeness (QED) is 0.851. The Bertz CT molecular complexity index is 578. The van der Waals surface area contributed by atoms with Crippen LogP contribution in [0, 0.1) is 6.92 Å². The molecule has 1 amide bonds. The molecule has 2 aromatic rings. The van der Waals surface area contributed by atoms with Crippen molar-refractivity contribution in [1.29, 1.82) is 0 Å². The molecular formula is C15H19N3O2. The van der Waals surface area contributed by atoms with Crippen LogP contribution in [0.5, 0.6) is 0 Å². The lowest BCUT2D eigenvalue weighted by molar-refractivity contribution is 0.171. The highest BCUT2D eigenvalue weighted by atomic mass is 16.5. The van der Waals surface area contributed by atoms with Crippen molar-refractivity contribution in [3.63, 3.8) is 0 Å². The highest BCUT2D eigenvalue weighted by Gasteiger charge is 2.04. The molecule has 20 heavy (non-hydrogen) atoms. The van der Waals surface area contributed by atoms with Gasteiger partial charge in [0.1, 0.15) is 0 Å². The Morgan fingerprint density at radius 1 is 1.40 bits per heavy atom. The summed E-state index contributed by atoms with van der Waals surface area (Å²) in [5, 5.41) is 7.04. The lowest BCUT2D eigenvalue weighted by Gasteiger charge is -2.04. The number of aryl methyl sites for hydroxylation is 2. The minimum atomic E-state index is -0.388. The molecule has 0 spiro atoms. The first-order valence-corrected chi connectivity index (χ1v) is 6.62. The van der Waals surface area contributed by atoms with Gasteiger partial charge in [-0.2, -0.15) is 5.10 Å². The highest BCUT2D eigenvalue weighted by molar-refractivity contribution is 5.66. The third-order valence-corrected chi connectivity index (χ3v) is 3.10. The number of carbonyl (C=O) groups is 1. The summed E-state index contributed by atoms with van der Waals surface area (Å²) in [5.74, 6) is 0. The maximum absolute atomic E-state index is 10.9. The first kappa shape index (κ1) is 14.1. The van der Waals surface area contributed by atoms with Gasteiger partial charge in [-0.25, -0.2) is 9.48 Å². The van der Waals surface area contributed by atoms with Crippen molar-refractivity contribution in [2.45, 2.75) is 19.8 Å². The number of ether oxygens (including phenoxy) is 1. The molecule has 0 aliphatic carbocycles. The molecule has 0 saturated heterocycles. The lowest BCUT2D eigenvalue weighted by atomic mass is 10.2. The number of amides is 1. The van der Waals surface area contributed by atoms with E-state index in [4.69, 9.17) is 0 Å². The van der Waals surface area contributed by atoms with E-state index in [1.807, 2.05) is 35.3 Å². The third kappa shape index (κ3) is 3.60. The zero-order valence-corrected chi connectivity index (χ0v) is 11.8. The van der Waals surface area contributed by atoms with Crippen LogP contribution >= 0.6 is 0 Å². The fourth-order valence-electron chi connectivity index (χ4n) is 2.00. The number of benzene rings is 1. The number of hydrogen-bond acceptors (Lipinski definition) is 3. The van der Waals surface area contributed by atoms with E-state index >= 15 is 0 Å². The van der Waals surface area contributed by atoms with Gasteiger partial charge in [0, 0.05) is 12.7 Å². The number of methoxy groups -OCH3 is 1. The number of alkyl carbamates (subject to hydrolysis) is 1. The van der Waals surface area contributed by atoms with Gasteiger partial charge in [-0.1, -0.05) is 18.2 Å². The summed E-state index contributed by atoms with van der Waals surface area (Å²) >= 11 is 0. The second kappa shape index (κ2) is 6.75. The molecule has 1 N–H and O–H groups in total. The SMILES string of the molecule is COC(=O)NCCCc1cnn(-c2ccccc2C)c1. The van der Waals surface area contributed by atoms with Crippen LogP contribution in [0.15, 0.2) is 36.7 Å². The van der Waals surface area contributed by atoms with E-state index in [0.717, 1.165) is 24.1 Å². The average molecular weight is 273 g/mol. The summed E-state index contributed by atoms with van der Waals surface area (Å²) < 4.78 is 6.40. The van der Waals surface area contributed by atoms with E-state index in [1.54, 1.807) is 0 Å². The first-order valence-electron chi connectivity index (χ1n) is 6.62. The number of hydrogen-bond donors (Lipinski definition) is 1. The maximum Gasteiger partial charge on any atom is 0.406 e. The standard InChI is InChI=1S/C15H19N3O2/c1-12-6-3-4-8-14(12)18-11-13(10-17-18)7-5-9-16-15(19)20-2/h3-4,6,8,10-11H,5,7,9H2,1-2H3,(H,16,19). The van der Waals surface area contributed by atoms with E-state index in [2.05, 4.69) is 28.1 Å².